The van der Waals surface area contributed by atoms with Gasteiger partial charge in [-0.1, -0.05) is 13.0 Å². The Kier molecular flexibility index (Phi) is 4.53. The van der Waals surface area contributed by atoms with E-state index in [-0.39, 0.29) is 0 Å². The Morgan fingerprint density at radius 2 is 2.29 bits per heavy atom. The van der Waals surface area contributed by atoms with Gasteiger partial charge in [-0.15, -0.1) is 11.8 Å². The second-order valence-corrected chi connectivity index (χ2v) is 4.25. The number of carbonyl (C=O) groups is 1. The fourth-order valence-electron chi connectivity index (χ4n) is 1.14. The summed E-state index contributed by atoms with van der Waals surface area (Å²) in [6.07, 6.45) is 1.86. The van der Waals surface area contributed by atoms with Crippen molar-refractivity contribution in [2.75, 3.05) is 11.1 Å². The Bertz CT molecular complexity index is 312. The minimum atomic E-state index is 0.723. The summed E-state index contributed by atoms with van der Waals surface area (Å²) in [5.74, 6) is 1.08. The van der Waals surface area contributed by atoms with E-state index in [1.165, 1.54) is 5.56 Å². The first-order valence-electron chi connectivity index (χ1n) is 4.71. The maximum Gasteiger partial charge on any atom is 0.211 e. The van der Waals surface area contributed by atoms with Crippen molar-refractivity contribution in [1.29, 1.82) is 0 Å². The van der Waals surface area contributed by atoms with E-state index in [1.54, 1.807) is 11.8 Å². The third-order valence-corrected chi connectivity index (χ3v) is 3.07. The molecule has 0 aliphatic carbocycles. The quantitative estimate of drug-likeness (QED) is 0.596. The molecule has 14 heavy (non-hydrogen) atoms. The Morgan fingerprint density at radius 1 is 1.50 bits per heavy atom. The predicted octanol–water partition coefficient (Wildman–Crippen LogP) is 3.07. The number of nitrogens with one attached hydrogen (secondary N) is 1. The number of thioether (sulfide) groups is 1. The van der Waals surface area contributed by atoms with Gasteiger partial charge in [0.2, 0.25) is 6.41 Å². The van der Waals surface area contributed by atoms with Crippen LogP contribution in [0.3, 0.4) is 0 Å². The van der Waals surface area contributed by atoms with E-state index in [0.717, 1.165) is 29.2 Å². The minimum Gasteiger partial charge on any atom is -0.328 e. The van der Waals surface area contributed by atoms with E-state index in [1.807, 2.05) is 12.1 Å². The molecule has 0 unspecified atom stereocenters. The van der Waals surface area contributed by atoms with Crippen LogP contribution in [0.25, 0.3) is 0 Å². The lowest BCUT2D eigenvalue weighted by Gasteiger charge is -2.08. The molecule has 0 radical (unpaired) electrons. The molecular weight excluding hydrogens is 194 g/mol. The highest BCUT2D eigenvalue weighted by Gasteiger charge is 2.01. The van der Waals surface area contributed by atoms with E-state index in [9.17, 15) is 4.79 Å². The van der Waals surface area contributed by atoms with E-state index < -0.39 is 0 Å². The molecular formula is C11H15NOS. The largest absolute Gasteiger partial charge is 0.328 e. The molecule has 76 valence electrons. The zero-order valence-electron chi connectivity index (χ0n) is 8.54. The third-order valence-electron chi connectivity index (χ3n) is 1.81. The normalized spacial score (nSPS) is 9.86. The first kappa shape index (κ1) is 11.1. The molecule has 1 N–H and O–H groups in total. The fraction of sp³-hybridized carbons (Fsp3) is 0.364. The highest BCUT2D eigenvalue weighted by Crippen LogP contribution is 2.28. The minimum absolute atomic E-state index is 0.723. The molecule has 0 spiro atoms. The maximum absolute atomic E-state index is 10.4. The second kappa shape index (κ2) is 5.70. The molecule has 0 aliphatic rings. The first-order chi connectivity index (χ1) is 6.77. The van der Waals surface area contributed by atoms with Gasteiger partial charge in [-0.05, 0) is 36.8 Å². The molecule has 3 heteroatoms. The number of aryl methyl sites for hydroxylation is 1. The molecule has 1 rings (SSSR count). The summed E-state index contributed by atoms with van der Waals surface area (Å²) in [6, 6.07) is 6.05. The Labute approximate surface area is 89.1 Å². The molecule has 2 nitrogen and oxygen atoms in total. The van der Waals surface area contributed by atoms with Crippen molar-refractivity contribution >= 4 is 23.9 Å². The average molecular weight is 209 g/mol. The molecule has 1 aromatic carbocycles. The topological polar surface area (TPSA) is 29.1 Å². The first-order valence-corrected chi connectivity index (χ1v) is 5.70. The summed E-state index contributed by atoms with van der Waals surface area (Å²) in [5.41, 5.74) is 2.13. The SMILES string of the molecule is CCCSc1cc(C)ccc1NC=O. The number of amides is 1. The van der Waals surface area contributed by atoms with Gasteiger partial charge in [-0.3, -0.25) is 4.79 Å². The molecule has 0 fully saturated rings. The second-order valence-electron chi connectivity index (χ2n) is 3.11. The van der Waals surface area contributed by atoms with E-state index in [2.05, 4.69) is 25.2 Å². The van der Waals surface area contributed by atoms with Gasteiger partial charge in [-0.25, -0.2) is 0 Å². The summed E-state index contributed by atoms with van der Waals surface area (Å²) >= 11 is 1.78. The van der Waals surface area contributed by atoms with Crippen LogP contribution >= 0.6 is 11.8 Å². The van der Waals surface area contributed by atoms with Gasteiger partial charge in [0.1, 0.15) is 0 Å². The van der Waals surface area contributed by atoms with Crippen LogP contribution in [0.4, 0.5) is 5.69 Å². The van der Waals surface area contributed by atoms with Crippen LogP contribution < -0.4 is 5.32 Å². The summed E-state index contributed by atoms with van der Waals surface area (Å²) in [5, 5.41) is 2.71. The summed E-state index contributed by atoms with van der Waals surface area (Å²) in [7, 11) is 0. The van der Waals surface area contributed by atoms with Crippen molar-refractivity contribution in [3.05, 3.63) is 23.8 Å². The monoisotopic (exact) mass is 209 g/mol. The third kappa shape index (κ3) is 3.07. The number of benzene rings is 1. The Balaban J connectivity index is 2.84. The molecule has 0 aromatic heterocycles. The van der Waals surface area contributed by atoms with Gasteiger partial charge in [0.25, 0.3) is 0 Å². The van der Waals surface area contributed by atoms with Crippen LogP contribution in [0.15, 0.2) is 23.1 Å². The van der Waals surface area contributed by atoms with Crippen LogP contribution in [0, 0.1) is 6.92 Å². The zero-order valence-corrected chi connectivity index (χ0v) is 9.36. The van der Waals surface area contributed by atoms with Gasteiger partial charge in [0.05, 0.1) is 5.69 Å². The smallest absolute Gasteiger partial charge is 0.211 e. The molecule has 0 aliphatic heterocycles. The van der Waals surface area contributed by atoms with Crippen molar-refractivity contribution in [2.24, 2.45) is 0 Å². The number of rotatable bonds is 5. The molecule has 0 atom stereocenters. The average Bonchev–Trinajstić information content (AvgIpc) is 2.18. The predicted molar refractivity (Wildman–Crippen MR) is 61.9 cm³/mol. The summed E-state index contributed by atoms with van der Waals surface area (Å²) in [4.78, 5) is 11.5. The van der Waals surface area contributed by atoms with Gasteiger partial charge >= 0.3 is 0 Å². The summed E-state index contributed by atoms with van der Waals surface area (Å²) < 4.78 is 0. The van der Waals surface area contributed by atoms with Crippen molar-refractivity contribution in [3.63, 3.8) is 0 Å². The highest BCUT2D eigenvalue weighted by atomic mass is 32.2. The van der Waals surface area contributed by atoms with Gasteiger partial charge in [-0.2, -0.15) is 0 Å². The van der Waals surface area contributed by atoms with E-state index in [4.69, 9.17) is 0 Å². The summed E-state index contributed by atoms with van der Waals surface area (Å²) in [6.45, 7) is 4.20. The van der Waals surface area contributed by atoms with Crippen LogP contribution in [0.5, 0.6) is 0 Å². The van der Waals surface area contributed by atoms with Gasteiger partial charge in [0, 0.05) is 4.90 Å². The van der Waals surface area contributed by atoms with Crippen LogP contribution in [-0.2, 0) is 4.79 Å². The molecule has 0 saturated carbocycles. The standard InChI is InChI=1S/C11H15NOS/c1-3-6-14-11-7-9(2)4-5-10(11)12-8-13/h4-5,7-8H,3,6H2,1-2H3,(H,12,13). The molecule has 0 saturated heterocycles. The molecule has 0 bridgehead atoms. The maximum atomic E-state index is 10.4. The lowest BCUT2D eigenvalue weighted by atomic mass is 10.2. The molecule has 1 amide bonds. The number of anilines is 1. The van der Waals surface area contributed by atoms with Gasteiger partial charge < -0.3 is 5.32 Å². The zero-order chi connectivity index (χ0) is 10.4. The lowest BCUT2D eigenvalue weighted by Crippen LogP contribution is -1.96. The van der Waals surface area contributed by atoms with Crippen molar-refractivity contribution in [1.82, 2.24) is 0 Å². The highest BCUT2D eigenvalue weighted by molar-refractivity contribution is 7.99. The van der Waals surface area contributed by atoms with Crippen LogP contribution in [-0.4, -0.2) is 12.2 Å². The van der Waals surface area contributed by atoms with Crippen molar-refractivity contribution < 1.29 is 4.79 Å². The van der Waals surface area contributed by atoms with E-state index >= 15 is 0 Å². The number of carbonyl (C=O) groups excluding carboxylic acids is 1. The Morgan fingerprint density at radius 3 is 2.93 bits per heavy atom. The van der Waals surface area contributed by atoms with Gasteiger partial charge in [0.15, 0.2) is 0 Å². The molecule has 1 aromatic rings. The van der Waals surface area contributed by atoms with E-state index in [0.29, 0.717) is 0 Å². The Hall–Kier alpha value is -0.960. The molecule has 0 heterocycles. The number of hydrogen-bond acceptors (Lipinski definition) is 2. The fourth-order valence-corrected chi connectivity index (χ4v) is 2.12. The number of hydrogen-bond donors (Lipinski definition) is 1. The van der Waals surface area contributed by atoms with Crippen LogP contribution in [0.2, 0.25) is 0 Å². The lowest BCUT2D eigenvalue weighted by molar-refractivity contribution is -0.105. The van der Waals surface area contributed by atoms with Crippen molar-refractivity contribution in [3.8, 4) is 0 Å². The van der Waals surface area contributed by atoms with Crippen LogP contribution in [0.1, 0.15) is 18.9 Å². The van der Waals surface area contributed by atoms with Crippen molar-refractivity contribution in [2.45, 2.75) is 25.2 Å².